The smallest absolute Gasteiger partial charge is 0.331 e. The van der Waals surface area contributed by atoms with Crippen LogP contribution in [0.25, 0.3) is 6.08 Å². The number of halogens is 2. The number of anilines is 1. The molecule has 0 aliphatic carbocycles. The largest absolute Gasteiger partial charge is 0.465 e. The topological polar surface area (TPSA) is 68.5 Å². The number of benzene rings is 1. The van der Waals surface area contributed by atoms with E-state index < -0.39 is 24.3 Å². The first-order valence-corrected chi connectivity index (χ1v) is 6.55. The summed E-state index contributed by atoms with van der Waals surface area (Å²) in [6.07, 6.45) is 3.98. The molecule has 0 unspecified atom stereocenters. The molecule has 1 amide bonds. The maximum Gasteiger partial charge on any atom is 0.331 e. The number of ether oxygens (including phenoxy) is 1. The van der Waals surface area contributed by atoms with Gasteiger partial charge in [-0.2, -0.15) is 0 Å². The molecular formula is C15H11ClFNO4. The third-order valence-electron chi connectivity index (χ3n) is 2.48. The fourth-order valence-electron chi connectivity index (χ4n) is 1.50. The maximum atomic E-state index is 13.5. The molecule has 1 aromatic carbocycles. The second kappa shape index (κ2) is 7.42. The zero-order valence-corrected chi connectivity index (χ0v) is 12.0. The van der Waals surface area contributed by atoms with Gasteiger partial charge in [-0.1, -0.05) is 11.6 Å². The lowest BCUT2D eigenvalue weighted by molar-refractivity contribution is -0.142. The molecule has 0 saturated heterocycles. The molecule has 0 aliphatic heterocycles. The molecule has 0 radical (unpaired) electrons. The van der Waals surface area contributed by atoms with E-state index >= 15 is 0 Å². The lowest BCUT2D eigenvalue weighted by atomic mass is 10.3. The molecule has 22 heavy (non-hydrogen) atoms. The van der Waals surface area contributed by atoms with Crippen molar-refractivity contribution in [2.75, 3.05) is 11.9 Å². The Kier molecular flexibility index (Phi) is 5.32. The lowest BCUT2D eigenvalue weighted by Crippen LogP contribution is -2.20. The summed E-state index contributed by atoms with van der Waals surface area (Å²) in [6, 6.07) is 7.13. The van der Waals surface area contributed by atoms with Gasteiger partial charge in [-0.05, 0) is 36.4 Å². The third-order valence-corrected chi connectivity index (χ3v) is 2.71. The van der Waals surface area contributed by atoms with Crippen LogP contribution in [0.15, 0.2) is 47.1 Å². The van der Waals surface area contributed by atoms with Crippen molar-refractivity contribution in [2.24, 2.45) is 0 Å². The van der Waals surface area contributed by atoms with Gasteiger partial charge in [0.05, 0.1) is 12.0 Å². The number of furan rings is 1. The SMILES string of the molecule is O=C(COC(=O)/C=C/c1ccco1)Nc1ccc(Cl)cc1F. The highest BCUT2D eigenvalue weighted by Crippen LogP contribution is 2.18. The van der Waals surface area contributed by atoms with E-state index in [4.69, 9.17) is 20.8 Å². The summed E-state index contributed by atoms with van der Waals surface area (Å²) in [4.78, 5) is 22.9. The van der Waals surface area contributed by atoms with Gasteiger partial charge in [-0.3, -0.25) is 4.79 Å². The van der Waals surface area contributed by atoms with Gasteiger partial charge in [0.25, 0.3) is 5.91 Å². The molecule has 0 fully saturated rings. The fraction of sp³-hybridized carbons (Fsp3) is 0.0667. The predicted molar refractivity (Wildman–Crippen MR) is 78.7 cm³/mol. The minimum atomic E-state index is -0.719. The Morgan fingerprint density at radius 2 is 2.18 bits per heavy atom. The molecule has 0 aliphatic rings. The fourth-order valence-corrected chi connectivity index (χ4v) is 1.66. The van der Waals surface area contributed by atoms with E-state index in [1.54, 1.807) is 12.1 Å². The second-order valence-electron chi connectivity index (χ2n) is 4.13. The van der Waals surface area contributed by atoms with Crippen LogP contribution in [-0.4, -0.2) is 18.5 Å². The highest BCUT2D eigenvalue weighted by molar-refractivity contribution is 6.30. The number of hydrogen-bond donors (Lipinski definition) is 1. The van der Waals surface area contributed by atoms with Gasteiger partial charge in [-0.15, -0.1) is 0 Å². The number of rotatable bonds is 5. The molecule has 1 N–H and O–H groups in total. The molecular weight excluding hydrogens is 313 g/mol. The number of hydrogen-bond acceptors (Lipinski definition) is 4. The number of amides is 1. The molecule has 0 saturated carbocycles. The van der Waals surface area contributed by atoms with E-state index in [0.29, 0.717) is 5.76 Å². The van der Waals surface area contributed by atoms with Gasteiger partial charge in [0.1, 0.15) is 11.6 Å². The molecule has 5 nitrogen and oxygen atoms in total. The van der Waals surface area contributed by atoms with E-state index in [1.165, 1.54) is 24.5 Å². The van der Waals surface area contributed by atoms with Crippen LogP contribution in [0.5, 0.6) is 0 Å². The average Bonchev–Trinajstić information content (AvgIpc) is 2.99. The summed E-state index contributed by atoms with van der Waals surface area (Å²) in [6.45, 7) is -0.538. The second-order valence-corrected chi connectivity index (χ2v) is 4.57. The first kappa shape index (κ1) is 15.8. The summed E-state index contributed by atoms with van der Waals surface area (Å²) < 4.78 is 23.2. The zero-order chi connectivity index (χ0) is 15.9. The Hall–Kier alpha value is -2.60. The van der Waals surface area contributed by atoms with E-state index in [1.807, 2.05) is 0 Å². The minimum absolute atomic E-state index is 0.0448. The molecule has 1 heterocycles. The maximum absolute atomic E-state index is 13.5. The summed E-state index contributed by atoms with van der Waals surface area (Å²) in [7, 11) is 0. The first-order valence-electron chi connectivity index (χ1n) is 6.18. The van der Waals surface area contributed by atoms with Crippen molar-refractivity contribution in [3.8, 4) is 0 Å². The molecule has 0 atom stereocenters. The van der Waals surface area contributed by atoms with Crippen LogP contribution in [0.1, 0.15) is 5.76 Å². The van der Waals surface area contributed by atoms with Gasteiger partial charge in [0, 0.05) is 11.1 Å². The van der Waals surface area contributed by atoms with E-state index in [9.17, 15) is 14.0 Å². The van der Waals surface area contributed by atoms with Crippen molar-refractivity contribution in [1.82, 2.24) is 0 Å². The Balaban J connectivity index is 1.81. The van der Waals surface area contributed by atoms with Gasteiger partial charge < -0.3 is 14.5 Å². The highest BCUT2D eigenvalue weighted by Gasteiger charge is 2.09. The lowest BCUT2D eigenvalue weighted by Gasteiger charge is -2.06. The molecule has 2 rings (SSSR count). The predicted octanol–water partition coefficient (Wildman–Crippen LogP) is 3.27. The van der Waals surface area contributed by atoms with Gasteiger partial charge in [0.15, 0.2) is 6.61 Å². The quantitative estimate of drug-likeness (QED) is 0.677. The van der Waals surface area contributed by atoms with Crippen molar-refractivity contribution in [1.29, 1.82) is 0 Å². The Morgan fingerprint density at radius 1 is 1.36 bits per heavy atom. The summed E-state index contributed by atoms with van der Waals surface area (Å²) in [5.74, 6) is -1.58. The van der Waals surface area contributed by atoms with Gasteiger partial charge in [-0.25, -0.2) is 9.18 Å². The van der Waals surface area contributed by atoms with E-state index in [-0.39, 0.29) is 10.7 Å². The van der Waals surface area contributed by atoms with Crippen LogP contribution >= 0.6 is 11.6 Å². The number of carbonyl (C=O) groups is 2. The molecule has 1 aromatic heterocycles. The Bertz CT molecular complexity index is 698. The zero-order valence-electron chi connectivity index (χ0n) is 11.2. The van der Waals surface area contributed by atoms with Crippen molar-refractivity contribution in [3.63, 3.8) is 0 Å². The van der Waals surface area contributed by atoms with Crippen molar-refractivity contribution >= 4 is 35.2 Å². The Morgan fingerprint density at radius 3 is 2.86 bits per heavy atom. The van der Waals surface area contributed by atoms with Crippen molar-refractivity contribution in [3.05, 3.63) is 59.3 Å². The van der Waals surface area contributed by atoms with Crippen LogP contribution in [0.2, 0.25) is 5.02 Å². The standard InChI is InChI=1S/C15H11ClFNO4/c16-10-3-5-13(12(17)8-10)18-14(19)9-22-15(20)6-4-11-2-1-7-21-11/h1-8H,9H2,(H,18,19)/b6-4+. The number of carbonyl (C=O) groups excluding carboxylic acids is 2. The normalized spacial score (nSPS) is 10.6. The van der Waals surface area contributed by atoms with Crippen LogP contribution in [0.3, 0.4) is 0 Å². The van der Waals surface area contributed by atoms with Crippen molar-refractivity contribution < 1.29 is 23.1 Å². The molecule has 2 aromatic rings. The average molecular weight is 324 g/mol. The summed E-state index contributed by atoms with van der Waals surface area (Å²) in [5.41, 5.74) is -0.0448. The van der Waals surface area contributed by atoms with Crippen LogP contribution in [0, 0.1) is 5.82 Å². The monoisotopic (exact) mass is 323 g/mol. The van der Waals surface area contributed by atoms with Crippen LogP contribution in [0.4, 0.5) is 10.1 Å². The number of esters is 1. The molecule has 114 valence electrons. The minimum Gasteiger partial charge on any atom is -0.465 e. The first-order chi connectivity index (χ1) is 10.5. The van der Waals surface area contributed by atoms with Crippen LogP contribution < -0.4 is 5.32 Å². The van der Waals surface area contributed by atoms with Gasteiger partial charge in [0.2, 0.25) is 0 Å². The van der Waals surface area contributed by atoms with Crippen molar-refractivity contribution in [2.45, 2.75) is 0 Å². The Labute approximate surface area is 130 Å². The van der Waals surface area contributed by atoms with Gasteiger partial charge >= 0.3 is 5.97 Å². The highest BCUT2D eigenvalue weighted by atomic mass is 35.5. The summed E-state index contributed by atoms with van der Waals surface area (Å²) >= 11 is 5.60. The van der Waals surface area contributed by atoms with Crippen LogP contribution in [-0.2, 0) is 14.3 Å². The third kappa shape index (κ3) is 4.75. The number of nitrogens with one attached hydrogen (secondary N) is 1. The molecule has 0 bridgehead atoms. The molecule has 0 spiro atoms. The van der Waals surface area contributed by atoms with E-state index in [0.717, 1.165) is 12.1 Å². The molecule has 7 heteroatoms. The summed E-state index contributed by atoms with van der Waals surface area (Å²) in [5, 5.41) is 2.48. The van der Waals surface area contributed by atoms with E-state index in [2.05, 4.69) is 5.32 Å².